The molecular formula is C58H44N2O. The Morgan fingerprint density at radius 1 is 0.525 bits per heavy atom. The first-order valence-electron chi connectivity index (χ1n) is 21.5. The number of benzene rings is 8. The highest BCUT2D eigenvalue weighted by atomic mass is 16.5. The monoisotopic (exact) mass is 784 g/mol. The summed E-state index contributed by atoms with van der Waals surface area (Å²) in [4.78, 5) is 4.81. The van der Waals surface area contributed by atoms with E-state index in [4.69, 9.17) is 4.74 Å². The molecule has 0 fully saturated rings. The van der Waals surface area contributed by atoms with Gasteiger partial charge in [0.2, 0.25) is 0 Å². The lowest BCUT2D eigenvalue weighted by atomic mass is 9.73. The summed E-state index contributed by atoms with van der Waals surface area (Å²) in [6, 6.07) is 63.8. The van der Waals surface area contributed by atoms with Crippen LogP contribution in [0.1, 0.15) is 48.1 Å². The molecule has 0 radical (unpaired) electrons. The summed E-state index contributed by atoms with van der Waals surface area (Å²) in [5.74, 6) is 2.13. The van der Waals surface area contributed by atoms with E-state index < -0.39 is 0 Å². The average molecular weight is 785 g/mol. The van der Waals surface area contributed by atoms with Gasteiger partial charge in [-0.15, -0.1) is 0 Å². The number of allylic oxidation sites excluding steroid dienone is 5. The molecule has 3 nitrogen and oxygen atoms in total. The Balaban J connectivity index is 0.815. The van der Waals surface area contributed by atoms with Crippen LogP contribution in [0.15, 0.2) is 200 Å². The maximum Gasteiger partial charge on any atom is 0.151 e. The van der Waals surface area contributed by atoms with Gasteiger partial charge in [-0.3, -0.25) is 0 Å². The molecule has 3 heteroatoms. The molecule has 292 valence electrons. The van der Waals surface area contributed by atoms with Crippen LogP contribution in [0.3, 0.4) is 0 Å². The minimum Gasteiger partial charge on any atom is -0.453 e. The standard InChI is InChI=1S/C58H44N2O/c1-58(2)49-35-39(27-31-46(49)47-32-30-43(37-50(47)58)59-51-17-7-3-13-41(51)36-42-14-4-8-18-52(42)59)24-23-38-25-28-40(29-26-38)44-33-34-53(48-16-6-5-15-45(44)48)60-54-19-9-11-21-56(54)61-57-22-12-10-20-55(57)60/h3-34,37,49H,35-36H2,1-2H3/b24-23+. The van der Waals surface area contributed by atoms with E-state index in [1.54, 1.807) is 0 Å². The van der Waals surface area contributed by atoms with Crippen LogP contribution < -0.4 is 14.5 Å². The van der Waals surface area contributed by atoms with Crippen LogP contribution in [0, 0.1) is 5.92 Å². The van der Waals surface area contributed by atoms with Gasteiger partial charge in [-0.05, 0) is 128 Å². The topological polar surface area (TPSA) is 15.7 Å². The fourth-order valence-corrected chi connectivity index (χ4v) is 10.5. The summed E-state index contributed by atoms with van der Waals surface area (Å²) in [7, 11) is 0. The first kappa shape index (κ1) is 35.6. The molecule has 0 aromatic heterocycles. The van der Waals surface area contributed by atoms with E-state index in [1.807, 2.05) is 24.3 Å². The molecule has 2 heterocycles. The fraction of sp³-hybridized carbons (Fsp3) is 0.103. The Bertz CT molecular complexity index is 3070. The van der Waals surface area contributed by atoms with E-state index in [1.165, 1.54) is 77.9 Å². The van der Waals surface area contributed by atoms with Crippen LogP contribution in [0.5, 0.6) is 11.5 Å². The van der Waals surface area contributed by atoms with Gasteiger partial charge in [0, 0.05) is 28.9 Å². The molecule has 4 aliphatic rings. The molecule has 12 rings (SSSR count). The second-order valence-electron chi connectivity index (χ2n) is 17.3. The van der Waals surface area contributed by atoms with Crippen molar-refractivity contribution < 1.29 is 4.74 Å². The van der Waals surface area contributed by atoms with Gasteiger partial charge < -0.3 is 14.5 Å². The zero-order chi connectivity index (χ0) is 40.7. The van der Waals surface area contributed by atoms with E-state index in [0.29, 0.717) is 5.92 Å². The summed E-state index contributed by atoms with van der Waals surface area (Å²) in [5.41, 5.74) is 19.0. The van der Waals surface area contributed by atoms with Crippen molar-refractivity contribution in [2.75, 3.05) is 9.80 Å². The van der Waals surface area contributed by atoms with Gasteiger partial charge in [0.05, 0.1) is 17.1 Å². The molecule has 0 amide bonds. The molecule has 0 spiro atoms. The second kappa shape index (κ2) is 13.9. The van der Waals surface area contributed by atoms with E-state index >= 15 is 0 Å². The lowest BCUT2D eigenvalue weighted by Crippen LogP contribution is -2.25. The highest BCUT2D eigenvalue weighted by molar-refractivity contribution is 6.07. The zero-order valence-corrected chi connectivity index (χ0v) is 34.3. The molecular weight excluding hydrogens is 741 g/mol. The smallest absolute Gasteiger partial charge is 0.151 e. The molecule has 0 bridgehead atoms. The van der Waals surface area contributed by atoms with Crippen molar-refractivity contribution in [3.8, 4) is 22.6 Å². The molecule has 2 aliphatic carbocycles. The van der Waals surface area contributed by atoms with Gasteiger partial charge in [0.15, 0.2) is 11.5 Å². The maximum atomic E-state index is 6.33. The van der Waals surface area contributed by atoms with Crippen molar-refractivity contribution >= 4 is 56.5 Å². The summed E-state index contributed by atoms with van der Waals surface area (Å²) < 4.78 is 6.33. The van der Waals surface area contributed by atoms with Crippen molar-refractivity contribution in [1.82, 2.24) is 0 Å². The molecule has 8 aromatic rings. The van der Waals surface area contributed by atoms with E-state index in [2.05, 4.69) is 200 Å². The molecule has 0 saturated carbocycles. The quantitative estimate of drug-likeness (QED) is 0.173. The van der Waals surface area contributed by atoms with Crippen LogP contribution in [0.2, 0.25) is 0 Å². The summed E-state index contributed by atoms with van der Waals surface area (Å²) >= 11 is 0. The van der Waals surface area contributed by atoms with Crippen molar-refractivity contribution in [1.29, 1.82) is 0 Å². The third kappa shape index (κ3) is 5.72. The number of hydrogen-bond acceptors (Lipinski definition) is 3. The molecule has 0 saturated heterocycles. The van der Waals surface area contributed by atoms with Gasteiger partial charge in [-0.2, -0.15) is 0 Å². The number of anilines is 6. The van der Waals surface area contributed by atoms with Gasteiger partial charge in [0.1, 0.15) is 0 Å². The lowest BCUT2D eigenvalue weighted by Gasteiger charge is -2.34. The SMILES string of the molecule is CC1(C)c2cc(N3c4ccccc4Cc4ccccc43)ccc2C2=CC=C(/C=C/c3ccc(-c4ccc(N5c6ccccc6Oc6ccccc65)c5ccccc45)cc3)CC21. The van der Waals surface area contributed by atoms with Crippen molar-refractivity contribution in [2.45, 2.75) is 32.1 Å². The van der Waals surface area contributed by atoms with E-state index in [-0.39, 0.29) is 5.41 Å². The van der Waals surface area contributed by atoms with E-state index in [9.17, 15) is 0 Å². The largest absolute Gasteiger partial charge is 0.453 e. The minimum absolute atomic E-state index is 0.00608. The van der Waals surface area contributed by atoms with Crippen molar-refractivity contribution in [2.24, 2.45) is 5.92 Å². The number of rotatable bonds is 5. The fourth-order valence-electron chi connectivity index (χ4n) is 10.5. The predicted octanol–water partition coefficient (Wildman–Crippen LogP) is 15.8. The molecule has 1 unspecified atom stereocenters. The Morgan fingerprint density at radius 3 is 1.84 bits per heavy atom. The van der Waals surface area contributed by atoms with Gasteiger partial charge in [0.25, 0.3) is 0 Å². The number of para-hydroxylation sites is 6. The summed E-state index contributed by atoms with van der Waals surface area (Å²) in [6.45, 7) is 4.89. The molecule has 61 heavy (non-hydrogen) atoms. The normalized spacial score (nSPS) is 16.7. The molecule has 0 N–H and O–H groups in total. The van der Waals surface area contributed by atoms with Crippen LogP contribution in [0.4, 0.5) is 34.1 Å². The second-order valence-corrected chi connectivity index (χ2v) is 17.3. The Hall–Kier alpha value is -7.36. The minimum atomic E-state index is -0.00608. The molecule has 1 atom stereocenters. The number of nitrogens with zero attached hydrogens (tertiary/aromatic N) is 2. The van der Waals surface area contributed by atoms with Crippen LogP contribution in [0.25, 0.3) is 33.5 Å². The Kier molecular flexibility index (Phi) is 8.08. The summed E-state index contributed by atoms with van der Waals surface area (Å²) in [5, 5.41) is 2.42. The third-order valence-electron chi connectivity index (χ3n) is 13.6. The highest BCUT2D eigenvalue weighted by Crippen LogP contribution is 2.56. The summed E-state index contributed by atoms with van der Waals surface area (Å²) in [6.07, 6.45) is 11.3. The van der Waals surface area contributed by atoms with Gasteiger partial charge >= 0.3 is 0 Å². The molecule has 2 aliphatic heterocycles. The van der Waals surface area contributed by atoms with Crippen LogP contribution in [-0.4, -0.2) is 0 Å². The van der Waals surface area contributed by atoms with Crippen molar-refractivity contribution in [3.63, 3.8) is 0 Å². The van der Waals surface area contributed by atoms with Gasteiger partial charge in [-0.1, -0.05) is 159 Å². The highest BCUT2D eigenvalue weighted by Gasteiger charge is 2.44. The molecule has 8 aromatic carbocycles. The maximum absolute atomic E-state index is 6.33. The first-order valence-corrected chi connectivity index (χ1v) is 21.5. The zero-order valence-electron chi connectivity index (χ0n) is 34.3. The van der Waals surface area contributed by atoms with Crippen LogP contribution >= 0.6 is 0 Å². The Labute approximate surface area is 357 Å². The lowest BCUT2D eigenvalue weighted by molar-refractivity contribution is 0.410. The average Bonchev–Trinajstić information content (AvgIpc) is 3.53. The van der Waals surface area contributed by atoms with Crippen molar-refractivity contribution in [3.05, 3.63) is 228 Å². The number of ether oxygens (including phenoxy) is 1. The number of fused-ring (bicyclic) bond motifs is 8. The van der Waals surface area contributed by atoms with E-state index in [0.717, 1.165) is 41.4 Å². The number of hydrogen-bond donors (Lipinski definition) is 0. The van der Waals surface area contributed by atoms with Gasteiger partial charge in [-0.25, -0.2) is 0 Å². The third-order valence-corrected chi connectivity index (χ3v) is 13.6. The predicted molar refractivity (Wildman–Crippen MR) is 254 cm³/mol. The van der Waals surface area contributed by atoms with Crippen LogP contribution in [-0.2, 0) is 11.8 Å². The Morgan fingerprint density at radius 2 is 1.13 bits per heavy atom. The first-order chi connectivity index (χ1) is 30.0.